The number of hydrogen-bond acceptors (Lipinski definition) is 2. The van der Waals surface area contributed by atoms with E-state index >= 15 is 0 Å². The Kier molecular flexibility index (Phi) is 3.95. The minimum atomic E-state index is 0.598. The van der Waals surface area contributed by atoms with Gasteiger partial charge in [-0.15, -0.1) is 11.8 Å². The second kappa shape index (κ2) is 5.66. The average molecular weight is 261 g/mol. The third-order valence-electron chi connectivity index (χ3n) is 4.14. The van der Waals surface area contributed by atoms with Gasteiger partial charge in [-0.05, 0) is 73.6 Å². The molecule has 1 atom stereocenters. The first-order valence-electron chi connectivity index (χ1n) is 7.40. The van der Waals surface area contributed by atoms with Crippen molar-refractivity contribution >= 4 is 11.8 Å². The summed E-state index contributed by atoms with van der Waals surface area (Å²) in [5.74, 6) is 1.29. The van der Waals surface area contributed by atoms with Gasteiger partial charge < -0.3 is 5.32 Å². The smallest absolute Gasteiger partial charge is 0.0331 e. The second-order valence-electron chi connectivity index (χ2n) is 5.51. The molecule has 0 bridgehead atoms. The average Bonchev–Trinajstić information content (AvgIpc) is 2.75. The van der Waals surface area contributed by atoms with E-state index in [1.807, 2.05) is 0 Å². The van der Waals surface area contributed by atoms with E-state index in [4.69, 9.17) is 0 Å². The van der Waals surface area contributed by atoms with E-state index in [0.717, 1.165) is 6.54 Å². The van der Waals surface area contributed by atoms with Crippen LogP contribution in [0.25, 0.3) is 0 Å². The van der Waals surface area contributed by atoms with Crippen LogP contribution in [0.5, 0.6) is 0 Å². The van der Waals surface area contributed by atoms with Gasteiger partial charge in [0.05, 0.1) is 0 Å². The van der Waals surface area contributed by atoms with Gasteiger partial charge in [-0.25, -0.2) is 0 Å². The minimum absolute atomic E-state index is 0.598. The molecule has 0 fully saturated rings. The van der Waals surface area contributed by atoms with Crippen LogP contribution in [0.1, 0.15) is 55.3 Å². The zero-order valence-electron chi connectivity index (χ0n) is 11.3. The van der Waals surface area contributed by atoms with Crippen LogP contribution in [0.2, 0.25) is 0 Å². The molecule has 1 aliphatic heterocycles. The SMILES string of the molecule is CCCNC1CCCSc2cc3c(cc21)CCC3. The molecule has 1 N–H and O–H groups in total. The van der Waals surface area contributed by atoms with E-state index in [0.29, 0.717) is 6.04 Å². The van der Waals surface area contributed by atoms with Crippen molar-refractivity contribution in [2.75, 3.05) is 12.3 Å². The van der Waals surface area contributed by atoms with Crippen molar-refractivity contribution in [3.8, 4) is 0 Å². The molecular formula is C16H23NS. The molecule has 1 aliphatic carbocycles. The van der Waals surface area contributed by atoms with Gasteiger partial charge in [0.15, 0.2) is 0 Å². The Bertz CT molecular complexity index is 427. The van der Waals surface area contributed by atoms with Gasteiger partial charge in [-0.2, -0.15) is 0 Å². The van der Waals surface area contributed by atoms with Gasteiger partial charge >= 0.3 is 0 Å². The zero-order valence-corrected chi connectivity index (χ0v) is 12.1. The Morgan fingerprint density at radius 2 is 2.06 bits per heavy atom. The first kappa shape index (κ1) is 12.6. The molecule has 18 heavy (non-hydrogen) atoms. The van der Waals surface area contributed by atoms with Crippen LogP contribution in [0.4, 0.5) is 0 Å². The number of nitrogens with one attached hydrogen (secondary N) is 1. The monoisotopic (exact) mass is 261 g/mol. The Labute approximate surface area is 115 Å². The lowest BCUT2D eigenvalue weighted by molar-refractivity contribution is 0.493. The van der Waals surface area contributed by atoms with Crippen molar-refractivity contribution in [3.05, 3.63) is 28.8 Å². The summed E-state index contributed by atoms with van der Waals surface area (Å²) in [5, 5.41) is 3.75. The fourth-order valence-corrected chi connectivity index (χ4v) is 4.30. The third-order valence-corrected chi connectivity index (χ3v) is 5.29. The Balaban J connectivity index is 1.92. The van der Waals surface area contributed by atoms with Crippen molar-refractivity contribution in [1.29, 1.82) is 0 Å². The molecule has 2 heteroatoms. The molecular weight excluding hydrogens is 238 g/mol. The van der Waals surface area contributed by atoms with Crippen LogP contribution in [-0.2, 0) is 12.8 Å². The van der Waals surface area contributed by atoms with Crippen molar-refractivity contribution < 1.29 is 0 Å². The van der Waals surface area contributed by atoms with E-state index in [1.165, 1.54) is 44.3 Å². The summed E-state index contributed by atoms with van der Waals surface area (Å²) in [4.78, 5) is 1.56. The van der Waals surface area contributed by atoms with E-state index in [-0.39, 0.29) is 0 Å². The molecule has 0 radical (unpaired) electrons. The van der Waals surface area contributed by atoms with Crippen molar-refractivity contribution in [3.63, 3.8) is 0 Å². The second-order valence-corrected chi connectivity index (χ2v) is 6.65. The fraction of sp³-hybridized carbons (Fsp3) is 0.625. The molecule has 3 rings (SSSR count). The number of thioether (sulfide) groups is 1. The van der Waals surface area contributed by atoms with Crippen LogP contribution in [0, 0.1) is 0 Å². The van der Waals surface area contributed by atoms with E-state index in [1.54, 1.807) is 21.6 Å². The zero-order chi connectivity index (χ0) is 12.4. The topological polar surface area (TPSA) is 12.0 Å². The summed E-state index contributed by atoms with van der Waals surface area (Å²) in [5.41, 5.74) is 4.84. The van der Waals surface area contributed by atoms with Gasteiger partial charge in [0.2, 0.25) is 0 Å². The highest BCUT2D eigenvalue weighted by Crippen LogP contribution is 2.38. The van der Waals surface area contributed by atoms with Crippen molar-refractivity contribution in [2.24, 2.45) is 0 Å². The molecule has 0 saturated carbocycles. The molecule has 2 aliphatic rings. The van der Waals surface area contributed by atoms with Crippen molar-refractivity contribution in [1.82, 2.24) is 5.32 Å². The lowest BCUT2D eigenvalue weighted by Gasteiger charge is -2.20. The summed E-state index contributed by atoms with van der Waals surface area (Å²) >= 11 is 2.07. The molecule has 0 aromatic heterocycles. The fourth-order valence-electron chi connectivity index (χ4n) is 3.17. The summed E-state index contributed by atoms with van der Waals surface area (Å²) in [7, 11) is 0. The standard InChI is InChI=1S/C16H23NS/c1-2-8-17-15-7-4-9-18-16-11-13-6-3-5-12(13)10-14(15)16/h10-11,15,17H,2-9H2,1H3. The maximum absolute atomic E-state index is 3.75. The van der Waals surface area contributed by atoms with E-state index in [9.17, 15) is 0 Å². The van der Waals surface area contributed by atoms with Crippen LogP contribution >= 0.6 is 11.8 Å². The molecule has 98 valence electrons. The maximum Gasteiger partial charge on any atom is 0.0331 e. The highest BCUT2D eigenvalue weighted by atomic mass is 32.2. The summed E-state index contributed by atoms with van der Waals surface area (Å²) in [6, 6.07) is 5.61. The largest absolute Gasteiger partial charge is 0.310 e. The number of aryl methyl sites for hydroxylation is 2. The predicted octanol–water partition coefficient (Wildman–Crippen LogP) is 4.10. The lowest BCUT2D eigenvalue weighted by Crippen LogP contribution is -2.22. The van der Waals surface area contributed by atoms with Gasteiger partial charge in [0, 0.05) is 10.9 Å². The first-order valence-corrected chi connectivity index (χ1v) is 8.39. The molecule has 1 aromatic carbocycles. The van der Waals surface area contributed by atoms with Crippen LogP contribution in [0.3, 0.4) is 0 Å². The Morgan fingerprint density at radius 1 is 1.22 bits per heavy atom. The molecule has 1 heterocycles. The highest BCUT2D eigenvalue weighted by molar-refractivity contribution is 7.99. The third kappa shape index (κ3) is 2.46. The highest BCUT2D eigenvalue weighted by Gasteiger charge is 2.22. The molecule has 1 nitrogen and oxygen atoms in total. The lowest BCUT2D eigenvalue weighted by atomic mass is 9.98. The maximum atomic E-state index is 3.75. The van der Waals surface area contributed by atoms with E-state index in [2.05, 4.69) is 36.1 Å². The van der Waals surface area contributed by atoms with E-state index < -0.39 is 0 Å². The molecule has 0 amide bonds. The number of rotatable bonds is 3. The predicted molar refractivity (Wildman–Crippen MR) is 79.5 cm³/mol. The Hall–Kier alpha value is -0.470. The van der Waals surface area contributed by atoms with Crippen LogP contribution in [0.15, 0.2) is 17.0 Å². The summed E-state index contributed by atoms with van der Waals surface area (Å²) < 4.78 is 0. The quantitative estimate of drug-likeness (QED) is 0.879. The van der Waals surface area contributed by atoms with Gasteiger partial charge in [-0.1, -0.05) is 13.0 Å². The first-order chi connectivity index (χ1) is 8.88. The van der Waals surface area contributed by atoms with Crippen molar-refractivity contribution in [2.45, 2.75) is 56.4 Å². The number of benzene rings is 1. The normalized spacial score (nSPS) is 22.4. The summed E-state index contributed by atoms with van der Waals surface area (Å²) in [6.07, 6.45) is 7.83. The summed E-state index contributed by atoms with van der Waals surface area (Å²) in [6.45, 7) is 3.40. The molecule has 0 spiro atoms. The van der Waals surface area contributed by atoms with Gasteiger partial charge in [-0.3, -0.25) is 0 Å². The number of fused-ring (bicyclic) bond motifs is 2. The minimum Gasteiger partial charge on any atom is -0.310 e. The molecule has 1 unspecified atom stereocenters. The molecule has 0 saturated heterocycles. The Morgan fingerprint density at radius 3 is 2.89 bits per heavy atom. The molecule has 1 aromatic rings. The van der Waals surface area contributed by atoms with Gasteiger partial charge in [0.1, 0.15) is 0 Å². The number of hydrogen-bond donors (Lipinski definition) is 1. The van der Waals surface area contributed by atoms with Crippen LogP contribution < -0.4 is 5.32 Å². The van der Waals surface area contributed by atoms with Gasteiger partial charge in [0.25, 0.3) is 0 Å². The van der Waals surface area contributed by atoms with Crippen LogP contribution in [-0.4, -0.2) is 12.3 Å².